The maximum absolute atomic E-state index is 5.85. The molecule has 6 nitrogen and oxygen atoms in total. The molecule has 0 radical (unpaired) electrons. The predicted molar refractivity (Wildman–Crippen MR) is 113 cm³/mol. The van der Waals surface area contributed by atoms with Gasteiger partial charge in [-0.1, -0.05) is 42.5 Å². The summed E-state index contributed by atoms with van der Waals surface area (Å²) in [6.07, 6.45) is 0. The third kappa shape index (κ3) is 3.43. The van der Waals surface area contributed by atoms with Gasteiger partial charge in [-0.15, -0.1) is 10.2 Å². The second-order valence-corrected chi connectivity index (χ2v) is 6.69. The Balaban J connectivity index is 1.59. The minimum atomic E-state index is 0.280. The van der Waals surface area contributed by atoms with E-state index in [-0.39, 0.29) is 5.89 Å². The molecule has 3 aromatic carbocycles. The Morgan fingerprint density at radius 3 is 2.41 bits per heavy atom. The van der Waals surface area contributed by atoms with E-state index in [2.05, 4.69) is 44.5 Å². The summed E-state index contributed by atoms with van der Waals surface area (Å²) in [5.74, 6) is 1.79. The SMILES string of the molecule is Cc1cccc(Nc2nc(-c3nnc(-c4ccccc4)o3)nc3ccccc23)c1. The molecule has 0 spiro atoms. The van der Waals surface area contributed by atoms with Crippen LogP contribution >= 0.6 is 0 Å². The van der Waals surface area contributed by atoms with Crippen LogP contribution in [0.2, 0.25) is 0 Å². The van der Waals surface area contributed by atoms with Crippen LogP contribution in [0.3, 0.4) is 0 Å². The molecule has 0 bridgehead atoms. The van der Waals surface area contributed by atoms with Crippen molar-refractivity contribution in [2.24, 2.45) is 0 Å². The van der Waals surface area contributed by atoms with Crippen molar-refractivity contribution in [1.29, 1.82) is 0 Å². The second kappa shape index (κ2) is 7.16. The molecule has 0 amide bonds. The molecule has 2 aromatic heterocycles. The molecule has 0 atom stereocenters. The van der Waals surface area contributed by atoms with Gasteiger partial charge in [-0.3, -0.25) is 0 Å². The summed E-state index contributed by atoms with van der Waals surface area (Å²) in [5, 5.41) is 12.6. The first kappa shape index (κ1) is 17.1. The molecule has 0 saturated heterocycles. The van der Waals surface area contributed by atoms with E-state index in [4.69, 9.17) is 4.42 Å². The fourth-order valence-electron chi connectivity index (χ4n) is 3.14. The third-order valence-corrected chi connectivity index (χ3v) is 4.52. The Labute approximate surface area is 167 Å². The predicted octanol–water partition coefficient (Wildman–Crippen LogP) is 5.40. The maximum atomic E-state index is 5.85. The van der Waals surface area contributed by atoms with Crippen LogP contribution in [0.1, 0.15) is 5.56 Å². The van der Waals surface area contributed by atoms with Crippen molar-refractivity contribution in [1.82, 2.24) is 20.2 Å². The number of anilines is 2. The van der Waals surface area contributed by atoms with E-state index >= 15 is 0 Å². The van der Waals surface area contributed by atoms with Gasteiger partial charge in [0.2, 0.25) is 11.7 Å². The van der Waals surface area contributed by atoms with Gasteiger partial charge in [0.05, 0.1) is 5.52 Å². The van der Waals surface area contributed by atoms with Crippen LogP contribution in [0.25, 0.3) is 34.1 Å². The van der Waals surface area contributed by atoms with E-state index in [1.807, 2.05) is 66.7 Å². The van der Waals surface area contributed by atoms with Gasteiger partial charge in [0.25, 0.3) is 5.89 Å². The molecule has 5 aromatic rings. The van der Waals surface area contributed by atoms with Gasteiger partial charge in [-0.25, -0.2) is 9.97 Å². The molecule has 6 heteroatoms. The highest BCUT2D eigenvalue weighted by Crippen LogP contribution is 2.28. The van der Waals surface area contributed by atoms with E-state index in [1.165, 1.54) is 0 Å². The fourth-order valence-corrected chi connectivity index (χ4v) is 3.14. The number of benzene rings is 3. The standard InChI is InChI=1S/C23H17N5O/c1-15-8-7-11-17(14-15)24-20-18-12-5-6-13-19(18)25-21(26-20)23-28-27-22(29-23)16-9-3-2-4-10-16/h2-14H,1H3,(H,24,25,26). The highest BCUT2D eigenvalue weighted by atomic mass is 16.4. The third-order valence-electron chi connectivity index (χ3n) is 4.52. The van der Waals surface area contributed by atoms with Gasteiger partial charge in [-0.05, 0) is 48.9 Å². The van der Waals surface area contributed by atoms with Crippen molar-refractivity contribution < 1.29 is 4.42 Å². The van der Waals surface area contributed by atoms with Crippen LogP contribution in [0.5, 0.6) is 0 Å². The number of aryl methyl sites for hydroxylation is 1. The lowest BCUT2D eigenvalue weighted by Crippen LogP contribution is -1.99. The number of fused-ring (bicyclic) bond motifs is 1. The highest BCUT2D eigenvalue weighted by Gasteiger charge is 2.16. The molecule has 0 unspecified atom stereocenters. The number of hydrogen-bond acceptors (Lipinski definition) is 6. The van der Waals surface area contributed by atoms with Crippen molar-refractivity contribution >= 4 is 22.4 Å². The molecule has 5 rings (SSSR count). The van der Waals surface area contributed by atoms with Crippen molar-refractivity contribution in [3.8, 4) is 23.2 Å². The van der Waals surface area contributed by atoms with Gasteiger partial charge in [0.1, 0.15) is 5.82 Å². The largest absolute Gasteiger partial charge is 0.413 e. The quantitative estimate of drug-likeness (QED) is 0.451. The van der Waals surface area contributed by atoms with E-state index in [9.17, 15) is 0 Å². The first-order chi connectivity index (χ1) is 14.3. The summed E-state index contributed by atoms with van der Waals surface area (Å²) in [6, 6.07) is 25.6. The van der Waals surface area contributed by atoms with Crippen LogP contribution in [-0.2, 0) is 0 Å². The maximum Gasteiger partial charge on any atom is 0.286 e. The molecule has 0 aliphatic carbocycles. The average molecular weight is 379 g/mol. The molecule has 140 valence electrons. The molecular weight excluding hydrogens is 362 g/mol. The summed E-state index contributed by atoms with van der Waals surface area (Å²) in [6.45, 7) is 2.05. The molecular formula is C23H17N5O. The Morgan fingerprint density at radius 1 is 0.759 bits per heavy atom. The summed E-state index contributed by atoms with van der Waals surface area (Å²) >= 11 is 0. The molecule has 2 heterocycles. The van der Waals surface area contributed by atoms with E-state index in [1.54, 1.807) is 0 Å². The number of nitrogens with one attached hydrogen (secondary N) is 1. The summed E-state index contributed by atoms with van der Waals surface area (Å²) in [7, 11) is 0. The van der Waals surface area contributed by atoms with Crippen molar-refractivity contribution in [3.05, 3.63) is 84.4 Å². The van der Waals surface area contributed by atoms with Gasteiger partial charge in [0.15, 0.2) is 0 Å². The molecule has 0 saturated carbocycles. The topological polar surface area (TPSA) is 76.7 Å². The molecule has 0 fully saturated rings. The zero-order chi connectivity index (χ0) is 19.6. The normalized spacial score (nSPS) is 10.9. The molecule has 0 aliphatic heterocycles. The van der Waals surface area contributed by atoms with Crippen LogP contribution in [0.4, 0.5) is 11.5 Å². The Hall–Kier alpha value is -4.06. The Morgan fingerprint density at radius 2 is 1.55 bits per heavy atom. The number of aromatic nitrogens is 4. The lowest BCUT2D eigenvalue weighted by Gasteiger charge is -2.10. The van der Waals surface area contributed by atoms with Gasteiger partial charge >= 0.3 is 0 Å². The number of nitrogens with zero attached hydrogens (tertiary/aromatic N) is 4. The van der Waals surface area contributed by atoms with Crippen LogP contribution in [0, 0.1) is 6.92 Å². The zero-order valence-electron chi connectivity index (χ0n) is 15.7. The minimum absolute atomic E-state index is 0.280. The number of hydrogen-bond donors (Lipinski definition) is 1. The smallest absolute Gasteiger partial charge is 0.286 e. The van der Waals surface area contributed by atoms with Crippen molar-refractivity contribution in [2.45, 2.75) is 6.92 Å². The van der Waals surface area contributed by atoms with Crippen molar-refractivity contribution in [2.75, 3.05) is 5.32 Å². The first-order valence-corrected chi connectivity index (χ1v) is 9.26. The van der Waals surface area contributed by atoms with Crippen LogP contribution in [0.15, 0.2) is 83.3 Å². The minimum Gasteiger partial charge on any atom is -0.413 e. The van der Waals surface area contributed by atoms with E-state index < -0.39 is 0 Å². The lowest BCUT2D eigenvalue weighted by molar-refractivity contribution is 0.579. The summed E-state index contributed by atoms with van der Waals surface area (Å²) < 4.78 is 5.85. The fraction of sp³-hybridized carbons (Fsp3) is 0.0435. The van der Waals surface area contributed by atoms with Crippen LogP contribution < -0.4 is 5.32 Å². The van der Waals surface area contributed by atoms with Crippen LogP contribution in [-0.4, -0.2) is 20.2 Å². The first-order valence-electron chi connectivity index (χ1n) is 9.26. The highest BCUT2D eigenvalue weighted by molar-refractivity contribution is 5.91. The monoisotopic (exact) mass is 379 g/mol. The molecule has 1 N–H and O–H groups in total. The van der Waals surface area contributed by atoms with Gasteiger partial charge in [-0.2, -0.15) is 0 Å². The lowest BCUT2D eigenvalue weighted by atomic mass is 10.2. The number of para-hydroxylation sites is 1. The summed E-state index contributed by atoms with van der Waals surface area (Å²) in [5.41, 5.74) is 3.77. The zero-order valence-corrected chi connectivity index (χ0v) is 15.7. The Kier molecular flexibility index (Phi) is 4.22. The second-order valence-electron chi connectivity index (χ2n) is 6.69. The van der Waals surface area contributed by atoms with Gasteiger partial charge < -0.3 is 9.73 Å². The van der Waals surface area contributed by atoms with Crippen molar-refractivity contribution in [3.63, 3.8) is 0 Å². The molecule has 0 aliphatic rings. The molecule has 29 heavy (non-hydrogen) atoms. The average Bonchev–Trinajstić information content (AvgIpc) is 3.25. The van der Waals surface area contributed by atoms with E-state index in [0.29, 0.717) is 17.5 Å². The van der Waals surface area contributed by atoms with Gasteiger partial charge in [0, 0.05) is 16.6 Å². The van der Waals surface area contributed by atoms with E-state index in [0.717, 1.165) is 27.7 Å². The Bertz CT molecular complexity index is 1300. The number of rotatable bonds is 4. The summed E-state index contributed by atoms with van der Waals surface area (Å²) in [4.78, 5) is 9.31.